The molecule has 0 radical (unpaired) electrons. The first-order valence-corrected chi connectivity index (χ1v) is 7.28. The van der Waals surface area contributed by atoms with E-state index in [1.54, 1.807) is 0 Å². The van der Waals surface area contributed by atoms with Crippen LogP contribution in [0.4, 0.5) is 0 Å². The Labute approximate surface area is 107 Å². The molecule has 0 spiro atoms. The van der Waals surface area contributed by atoms with Gasteiger partial charge in [-0.25, -0.2) is 0 Å². The van der Waals surface area contributed by atoms with Crippen LogP contribution in [-0.2, 0) is 4.79 Å². The summed E-state index contributed by atoms with van der Waals surface area (Å²) in [6.45, 7) is 6.75. The molecule has 0 amide bonds. The summed E-state index contributed by atoms with van der Waals surface area (Å²) >= 11 is 0. The Kier molecular flexibility index (Phi) is 10.3. The van der Waals surface area contributed by atoms with Gasteiger partial charge in [-0.3, -0.25) is 4.79 Å². The van der Waals surface area contributed by atoms with Gasteiger partial charge in [0.25, 0.3) is 0 Å². The van der Waals surface area contributed by atoms with E-state index in [1.807, 2.05) is 0 Å². The average molecular weight is 242 g/mol. The predicted molar refractivity (Wildman–Crippen MR) is 73.2 cm³/mol. The number of rotatable bonds is 11. The molecule has 0 fully saturated rings. The number of carboxylic acid groups (broad SMARTS) is 1. The Bertz CT molecular complexity index is 189. The van der Waals surface area contributed by atoms with Crippen LogP contribution >= 0.6 is 0 Å². The van der Waals surface area contributed by atoms with Crippen LogP contribution in [0.25, 0.3) is 0 Å². The fraction of sp³-hybridized carbons (Fsp3) is 0.933. The van der Waals surface area contributed by atoms with Crippen molar-refractivity contribution < 1.29 is 9.90 Å². The van der Waals surface area contributed by atoms with E-state index >= 15 is 0 Å². The molecule has 0 rings (SSSR count). The third-order valence-corrected chi connectivity index (χ3v) is 3.69. The highest BCUT2D eigenvalue weighted by Crippen LogP contribution is 2.17. The molecule has 2 unspecified atom stereocenters. The number of unbranched alkanes of at least 4 members (excludes halogenated alkanes) is 3. The highest BCUT2D eigenvalue weighted by atomic mass is 16.4. The van der Waals surface area contributed by atoms with E-state index in [0.29, 0.717) is 12.3 Å². The van der Waals surface area contributed by atoms with Gasteiger partial charge in [0.2, 0.25) is 0 Å². The number of hydrogen-bond acceptors (Lipinski definition) is 1. The first kappa shape index (κ1) is 16.5. The van der Waals surface area contributed by atoms with Crippen molar-refractivity contribution in [2.45, 2.75) is 78.6 Å². The van der Waals surface area contributed by atoms with E-state index < -0.39 is 5.97 Å². The maximum atomic E-state index is 10.4. The SMILES string of the molecule is CCC(C)CCCCCCC(C)CCC(=O)O. The largest absolute Gasteiger partial charge is 0.481 e. The maximum Gasteiger partial charge on any atom is 0.303 e. The van der Waals surface area contributed by atoms with Gasteiger partial charge in [0.1, 0.15) is 0 Å². The van der Waals surface area contributed by atoms with E-state index in [-0.39, 0.29) is 0 Å². The third kappa shape index (κ3) is 11.7. The Morgan fingerprint density at radius 2 is 1.47 bits per heavy atom. The molecule has 0 aliphatic carbocycles. The first-order valence-electron chi connectivity index (χ1n) is 7.28. The summed E-state index contributed by atoms with van der Waals surface area (Å²) in [5.41, 5.74) is 0. The molecule has 0 heterocycles. The first-order chi connectivity index (χ1) is 8.06. The van der Waals surface area contributed by atoms with Gasteiger partial charge < -0.3 is 5.11 Å². The predicted octanol–water partition coefficient (Wildman–Crippen LogP) is 4.87. The van der Waals surface area contributed by atoms with Gasteiger partial charge in [-0.05, 0) is 18.3 Å². The van der Waals surface area contributed by atoms with E-state index in [1.165, 1.54) is 44.9 Å². The second kappa shape index (κ2) is 10.6. The molecule has 0 saturated carbocycles. The molecule has 2 atom stereocenters. The lowest BCUT2D eigenvalue weighted by atomic mass is 9.96. The summed E-state index contributed by atoms with van der Waals surface area (Å²) in [5.74, 6) is 0.788. The molecule has 102 valence electrons. The van der Waals surface area contributed by atoms with Crippen molar-refractivity contribution in [2.75, 3.05) is 0 Å². The zero-order valence-corrected chi connectivity index (χ0v) is 11.9. The molecule has 0 aromatic carbocycles. The summed E-state index contributed by atoms with van der Waals surface area (Å²) < 4.78 is 0. The van der Waals surface area contributed by atoms with E-state index in [4.69, 9.17) is 5.11 Å². The molecule has 0 bridgehead atoms. The zero-order valence-electron chi connectivity index (χ0n) is 11.9. The minimum atomic E-state index is -0.662. The number of carbonyl (C=O) groups is 1. The molecule has 0 aromatic rings. The lowest BCUT2D eigenvalue weighted by molar-refractivity contribution is -0.137. The molecule has 0 aromatic heterocycles. The molecule has 17 heavy (non-hydrogen) atoms. The summed E-state index contributed by atoms with van der Waals surface area (Å²) in [6.07, 6.45) is 10.3. The zero-order chi connectivity index (χ0) is 13.1. The van der Waals surface area contributed by atoms with Crippen LogP contribution in [0.2, 0.25) is 0 Å². The van der Waals surface area contributed by atoms with Crippen molar-refractivity contribution in [2.24, 2.45) is 11.8 Å². The molecule has 0 aliphatic heterocycles. The van der Waals surface area contributed by atoms with Crippen LogP contribution in [0, 0.1) is 11.8 Å². The monoisotopic (exact) mass is 242 g/mol. The second-order valence-corrected chi connectivity index (χ2v) is 5.54. The second-order valence-electron chi connectivity index (χ2n) is 5.54. The van der Waals surface area contributed by atoms with Crippen molar-refractivity contribution in [1.82, 2.24) is 0 Å². The molecular weight excluding hydrogens is 212 g/mol. The highest BCUT2D eigenvalue weighted by Gasteiger charge is 2.05. The Hall–Kier alpha value is -0.530. The summed E-state index contributed by atoms with van der Waals surface area (Å²) in [6, 6.07) is 0. The van der Waals surface area contributed by atoms with Crippen molar-refractivity contribution in [3.8, 4) is 0 Å². The molecule has 0 aliphatic rings. The number of carboxylic acids is 1. The van der Waals surface area contributed by atoms with Gasteiger partial charge in [-0.1, -0.05) is 65.7 Å². The van der Waals surface area contributed by atoms with Crippen LogP contribution in [0.5, 0.6) is 0 Å². The third-order valence-electron chi connectivity index (χ3n) is 3.69. The maximum absolute atomic E-state index is 10.4. The number of aliphatic carboxylic acids is 1. The fourth-order valence-electron chi connectivity index (χ4n) is 2.06. The Morgan fingerprint density at radius 1 is 0.941 bits per heavy atom. The van der Waals surface area contributed by atoms with E-state index in [0.717, 1.165) is 12.3 Å². The van der Waals surface area contributed by atoms with Crippen LogP contribution < -0.4 is 0 Å². The molecular formula is C15H30O2. The van der Waals surface area contributed by atoms with Crippen LogP contribution in [-0.4, -0.2) is 11.1 Å². The Balaban J connectivity index is 3.24. The van der Waals surface area contributed by atoms with Crippen molar-refractivity contribution >= 4 is 5.97 Å². The Morgan fingerprint density at radius 3 is 1.94 bits per heavy atom. The minimum absolute atomic E-state index is 0.329. The van der Waals surface area contributed by atoms with Crippen LogP contribution in [0.3, 0.4) is 0 Å². The van der Waals surface area contributed by atoms with Gasteiger partial charge in [0.05, 0.1) is 0 Å². The van der Waals surface area contributed by atoms with Gasteiger partial charge in [-0.2, -0.15) is 0 Å². The molecule has 0 saturated heterocycles. The molecule has 2 nitrogen and oxygen atoms in total. The van der Waals surface area contributed by atoms with Crippen molar-refractivity contribution in [3.63, 3.8) is 0 Å². The highest BCUT2D eigenvalue weighted by molar-refractivity contribution is 5.66. The normalized spacial score (nSPS) is 14.5. The van der Waals surface area contributed by atoms with Gasteiger partial charge >= 0.3 is 5.97 Å². The van der Waals surface area contributed by atoms with Gasteiger partial charge in [-0.15, -0.1) is 0 Å². The van der Waals surface area contributed by atoms with Gasteiger partial charge in [0.15, 0.2) is 0 Å². The fourth-order valence-corrected chi connectivity index (χ4v) is 2.06. The number of hydrogen-bond donors (Lipinski definition) is 1. The van der Waals surface area contributed by atoms with Crippen molar-refractivity contribution in [1.29, 1.82) is 0 Å². The lowest BCUT2D eigenvalue weighted by Crippen LogP contribution is -2.01. The van der Waals surface area contributed by atoms with E-state index in [2.05, 4.69) is 20.8 Å². The standard InChI is InChI=1S/C15H30O2/c1-4-13(2)9-7-5-6-8-10-14(3)11-12-15(16)17/h13-14H,4-12H2,1-3H3,(H,16,17). The van der Waals surface area contributed by atoms with Crippen LogP contribution in [0.1, 0.15) is 78.6 Å². The summed E-state index contributed by atoms with van der Waals surface area (Å²) in [4.78, 5) is 10.4. The average Bonchev–Trinajstić information content (AvgIpc) is 2.30. The van der Waals surface area contributed by atoms with Crippen molar-refractivity contribution in [3.05, 3.63) is 0 Å². The van der Waals surface area contributed by atoms with Gasteiger partial charge in [0, 0.05) is 6.42 Å². The molecule has 1 N–H and O–H groups in total. The lowest BCUT2D eigenvalue weighted by Gasteiger charge is -2.10. The quantitative estimate of drug-likeness (QED) is 0.525. The minimum Gasteiger partial charge on any atom is -0.481 e. The summed E-state index contributed by atoms with van der Waals surface area (Å²) in [7, 11) is 0. The smallest absolute Gasteiger partial charge is 0.303 e. The topological polar surface area (TPSA) is 37.3 Å². The molecule has 2 heteroatoms. The van der Waals surface area contributed by atoms with E-state index in [9.17, 15) is 4.79 Å². The summed E-state index contributed by atoms with van der Waals surface area (Å²) in [5, 5.41) is 8.58. The van der Waals surface area contributed by atoms with Crippen LogP contribution in [0.15, 0.2) is 0 Å².